The molecule has 0 atom stereocenters. The van der Waals surface area contributed by atoms with Gasteiger partial charge in [0.2, 0.25) is 0 Å². The van der Waals surface area contributed by atoms with Crippen LogP contribution in [0.4, 0.5) is 23.0 Å². The van der Waals surface area contributed by atoms with Crippen molar-refractivity contribution in [1.82, 2.24) is 0 Å². The van der Waals surface area contributed by atoms with E-state index in [-0.39, 0.29) is 5.41 Å². The SMILES string of the molecule is CCN1\C(=C/C=C/C=C/C=[N+](C)C)C(C)(C)c2c1ccc1ccccc21.F[B-](F)(F)F. The number of hydrogen-bond acceptors (Lipinski definition) is 1. The molecule has 0 N–H and O–H groups in total. The molecule has 2 aromatic carbocycles. The Balaban J connectivity index is 0.000000614. The Hall–Kier alpha value is -2.83. The second-order valence-electron chi connectivity index (χ2n) is 7.98. The van der Waals surface area contributed by atoms with Crippen molar-refractivity contribution >= 4 is 29.9 Å². The summed E-state index contributed by atoms with van der Waals surface area (Å²) in [5.74, 6) is 0. The number of nitrogens with zero attached hydrogens (tertiary/aromatic N) is 2. The summed E-state index contributed by atoms with van der Waals surface area (Å²) in [5.41, 5.74) is 4.12. The lowest BCUT2D eigenvalue weighted by Crippen LogP contribution is -2.25. The van der Waals surface area contributed by atoms with Crippen molar-refractivity contribution in [2.24, 2.45) is 0 Å². The fraction of sp³-hybridized carbons (Fsp3) is 0.292. The Kier molecular flexibility index (Phi) is 7.88. The first kappa shape index (κ1) is 24.4. The Morgan fingerprint density at radius 1 is 0.935 bits per heavy atom. The van der Waals surface area contributed by atoms with Gasteiger partial charge >= 0.3 is 7.25 Å². The molecule has 1 aliphatic heterocycles. The molecule has 1 heterocycles. The first-order valence-corrected chi connectivity index (χ1v) is 10.2. The number of benzene rings is 2. The van der Waals surface area contributed by atoms with Crippen LogP contribution in [0, 0.1) is 0 Å². The monoisotopic (exact) mass is 432 g/mol. The maximum Gasteiger partial charge on any atom is 0.673 e. The van der Waals surface area contributed by atoms with Crippen molar-refractivity contribution in [3.05, 3.63) is 78.0 Å². The van der Waals surface area contributed by atoms with Gasteiger partial charge in [0, 0.05) is 29.4 Å². The topological polar surface area (TPSA) is 6.25 Å². The highest BCUT2D eigenvalue weighted by molar-refractivity contribution is 6.50. The fourth-order valence-electron chi connectivity index (χ4n) is 3.87. The average molecular weight is 432 g/mol. The van der Waals surface area contributed by atoms with Crippen LogP contribution in [0.3, 0.4) is 0 Å². The van der Waals surface area contributed by atoms with Gasteiger partial charge < -0.3 is 22.2 Å². The summed E-state index contributed by atoms with van der Waals surface area (Å²) in [4.78, 5) is 2.45. The molecule has 0 unspecified atom stereocenters. The summed E-state index contributed by atoms with van der Waals surface area (Å²) in [5, 5.41) is 2.68. The molecule has 166 valence electrons. The normalized spacial score (nSPS) is 16.7. The van der Waals surface area contributed by atoms with Crippen molar-refractivity contribution in [3.63, 3.8) is 0 Å². The number of allylic oxidation sites excluding steroid dienone is 6. The highest BCUT2D eigenvalue weighted by Gasteiger charge is 2.40. The van der Waals surface area contributed by atoms with Gasteiger partial charge in [-0.3, -0.25) is 0 Å². The van der Waals surface area contributed by atoms with E-state index in [4.69, 9.17) is 0 Å². The van der Waals surface area contributed by atoms with E-state index in [0.717, 1.165) is 6.54 Å². The van der Waals surface area contributed by atoms with Gasteiger partial charge in [-0.1, -0.05) is 62.4 Å². The van der Waals surface area contributed by atoms with Crippen molar-refractivity contribution in [1.29, 1.82) is 0 Å². The van der Waals surface area contributed by atoms with Gasteiger partial charge in [0.1, 0.15) is 14.1 Å². The van der Waals surface area contributed by atoms with E-state index in [1.54, 1.807) is 0 Å². The van der Waals surface area contributed by atoms with Crippen molar-refractivity contribution in [2.45, 2.75) is 26.2 Å². The van der Waals surface area contributed by atoms with E-state index in [0.29, 0.717) is 0 Å². The number of likely N-dealkylation sites (N-methyl/N-ethyl adjacent to an activating group) is 1. The van der Waals surface area contributed by atoms with Crippen LogP contribution >= 0.6 is 0 Å². The minimum atomic E-state index is -6.00. The molecule has 0 saturated heterocycles. The summed E-state index contributed by atoms with van der Waals surface area (Å²) in [6, 6.07) is 13.2. The predicted molar refractivity (Wildman–Crippen MR) is 125 cm³/mol. The van der Waals surface area contributed by atoms with Crippen LogP contribution in [0.15, 0.2) is 72.5 Å². The lowest BCUT2D eigenvalue weighted by atomic mass is 9.81. The largest absolute Gasteiger partial charge is 0.673 e. The molecule has 0 amide bonds. The summed E-state index contributed by atoms with van der Waals surface area (Å²) in [6.45, 7) is 7.87. The van der Waals surface area contributed by atoms with E-state index >= 15 is 0 Å². The third kappa shape index (κ3) is 6.33. The van der Waals surface area contributed by atoms with Crippen LogP contribution in [0.5, 0.6) is 0 Å². The zero-order valence-electron chi connectivity index (χ0n) is 18.6. The standard InChI is InChI=1S/C24H29N2.BF4/c1-6-26-21-17-16-19-13-10-11-14-20(19)23(21)24(2,3)22(26)15-9-7-8-12-18-25(4)5;2-1(3,4)5/h7-18H,6H2,1-5H3;/q+1;-1. The molecular weight excluding hydrogens is 403 g/mol. The molecule has 0 saturated carbocycles. The zero-order chi connectivity index (χ0) is 23.2. The molecule has 0 bridgehead atoms. The number of halogens is 4. The van der Waals surface area contributed by atoms with Crippen LogP contribution in [0.2, 0.25) is 0 Å². The molecule has 0 aliphatic carbocycles. The van der Waals surface area contributed by atoms with Crippen LogP contribution in [0.25, 0.3) is 10.8 Å². The lowest BCUT2D eigenvalue weighted by molar-refractivity contribution is -0.458. The number of anilines is 1. The minimum Gasteiger partial charge on any atom is -0.418 e. The molecule has 7 heteroatoms. The maximum absolute atomic E-state index is 9.75. The number of fused-ring (bicyclic) bond motifs is 3. The molecule has 2 nitrogen and oxygen atoms in total. The van der Waals surface area contributed by atoms with Gasteiger partial charge in [0.15, 0.2) is 6.21 Å². The van der Waals surface area contributed by atoms with Crippen LogP contribution in [-0.4, -0.2) is 38.7 Å². The molecule has 1 aliphatic rings. The molecule has 31 heavy (non-hydrogen) atoms. The molecule has 2 aromatic rings. The van der Waals surface area contributed by atoms with E-state index in [2.05, 4.69) is 92.4 Å². The summed E-state index contributed by atoms with van der Waals surface area (Å²) < 4.78 is 41.0. The summed E-state index contributed by atoms with van der Waals surface area (Å²) >= 11 is 0. The van der Waals surface area contributed by atoms with Crippen molar-refractivity contribution in [3.8, 4) is 0 Å². The Morgan fingerprint density at radius 3 is 2.16 bits per heavy atom. The zero-order valence-corrected chi connectivity index (χ0v) is 18.6. The Bertz CT molecular complexity index is 1020. The Labute approximate surface area is 182 Å². The molecule has 0 aromatic heterocycles. The smallest absolute Gasteiger partial charge is 0.418 e. The predicted octanol–water partition coefficient (Wildman–Crippen LogP) is 6.60. The molecule has 0 fully saturated rings. The average Bonchev–Trinajstić information content (AvgIpc) is 2.89. The van der Waals surface area contributed by atoms with E-state index in [1.807, 2.05) is 24.9 Å². The number of hydrogen-bond donors (Lipinski definition) is 0. The van der Waals surface area contributed by atoms with Gasteiger partial charge in [-0.05, 0) is 35.4 Å². The third-order valence-electron chi connectivity index (χ3n) is 5.04. The molecule has 0 radical (unpaired) electrons. The third-order valence-corrected chi connectivity index (χ3v) is 5.04. The number of rotatable bonds is 4. The minimum absolute atomic E-state index is 0.0178. The van der Waals surface area contributed by atoms with Crippen LogP contribution < -0.4 is 4.90 Å². The van der Waals surface area contributed by atoms with Gasteiger partial charge in [-0.2, -0.15) is 0 Å². The van der Waals surface area contributed by atoms with Crippen molar-refractivity contribution < 1.29 is 21.8 Å². The first-order valence-electron chi connectivity index (χ1n) is 10.2. The second-order valence-corrected chi connectivity index (χ2v) is 7.98. The van der Waals surface area contributed by atoms with Crippen LogP contribution in [-0.2, 0) is 5.41 Å². The molecular formula is C24H29BF4N2. The van der Waals surface area contributed by atoms with Gasteiger partial charge in [0.25, 0.3) is 0 Å². The van der Waals surface area contributed by atoms with Crippen molar-refractivity contribution in [2.75, 3.05) is 25.5 Å². The first-order chi connectivity index (χ1) is 14.5. The highest BCUT2D eigenvalue weighted by Crippen LogP contribution is 2.50. The van der Waals surface area contributed by atoms with E-state index in [1.165, 1.54) is 27.7 Å². The summed E-state index contributed by atoms with van der Waals surface area (Å²) in [6.07, 6.45) is 12.7. The molecule has 0 spiro atoms. The molecule has 3 rings (SSSR count). The summed E-state index contributed by atoms with van der Waals surface area (Å²) in [7, 11) is -1.95. The second kappa shape index (κ2) is 9.99. The van der Waals surface area contributed by atoms with Crippen LogP contribution in [0.1, 0.15) is 26.3 Å². The highest BCUT2D eigenvalue weighted by atomic mass is 19.5. The van der Waals surface area contributed by atoms with E-state index in [9.17, 15) is 17.3 Å². The fourth-order valence-corrected chi connectivity index (χ4v) is 3.87. The maximum atomic E-state index is 9.75. The van der Waals surface area contributed by atoms with Gasteiger partial charge in [0.05, 0.1) is 0 Å². The van der Waals surface area contributed by atoms with E-state index < -0.39 is 7.25 Å². The van der Waals surface area contributed by atoms with Gasteiger partial charge in [-0.25, -0.2) is 4.58 Å². The quantitative estimate of drug-likeness (QED) is 0.174. The Morgan fingerprint density at radius 2 is 1.55 bits per heavy atom. The van der Waals surface area contributed by atoms with Gasteiger partial charge in [-0.15, -0.1) is 0 Å². The lowest BCUT2D eigenvalue weighted by Gasteiger charge is -2.26.